The van der Waals surface area contributed by atoms with Crippen LogP contribution in [0, 0.1) is 13.8 Å². The van der Waals surface area contributed by atoms with Crippen LogP contribution >= 0.6 is 0 Å². The number of hydrogen-bond acceptors (Lipinski definition) is 7. The van der Waals surface area contributed by atoms with Crippen molar-refractivity contribution < 1.29 is 38.6 Å². The van der Waals surface area contributed by atoms with Gasteiger partial charge in [-0.05, 0) is 50.2 Å². The minimum absolute atomic E-state index is 0.0262. The van der Waals surface area contributed by atoms with E-state index in [0.717, 1.165) is 11.1 Å². The average Bonchev–Trinajstić information content (AvgIpc) is 2.89. The quantitative estimate of drug-likeness (QED) is 0.313. The molecule has 0 aliphatic rings. The molecule has 37 heavy (non-hydrogen) atoms. The first-order valence-corrected chi connectivity index (χ1v) is 11.1. The van der Waals surface area contributed by atoms with Crippen molar-refractivity contribution in [3.63, 3.8) is 0 Å². The van der Waals surface area contributed by atoms with Gasteiger partial charge in [-0.3, -0.25) is 20.4 Å². The molecule has 2 amide bonds. The van der Waals surface area contributed by atoms with Crippen LogP contribution in [0.5, 0.6) is 0 Å². The van der Waals surface area contributed by atoms with Crippen LogP contribution in [0.4, 0.5) is 0 Å². The van der Waals surface area contributed by atoms with Gasteiger partial charge in [-0.1, -0.05) is 53.6 Å². The molecule has 0 heterocycles. The van der Waals surface area contributed by atoms with Crippen molar-refractivity contribution in [1.29, 1.82) is 0 Å². The first kappa shape index (κ1) is 26.6. The van der Waals surface area contributed by atoms with Crippen LogP contribution in [-0.2, 0) is 19.1 Å². The van der Waals surface area contributed by atoms with Crippen LogP contribution in [0.15, 0.2) is 78.9 Å². The van der Waals surface area contributed by atoms with E-state index in [2.05, 4.69) is 5.43 Å². The third kappa shape index (κ3) is 7.25. The van der Waals surface area contributed by atoms with Crippen LogP contribution in [0.1, 0.15) is 42.2 Å². The Labute approximate surface area is 212 Å². The van der Waals surface area contributed by atoms with Gasteiger partial charge in [0.15, 0.2) is 0 Å². The molecule has 3 aromatic rings. The highest BCUT2D eigenvalue weighted by molar-refractivity contribution is 5.99. The zero-order chi connectivity index (χ0) is 26.9. The van der Waals surface area contributed by atoms with Crippen LogP contribution in [0.2, 0.25) is 0 Å². The van der Waals surface area contributed by atoms with E-state index in [1.54, 1.807) is 56.3 Å². The number of hydrazine groups is 1. The zero-order valence-corrected chi connectivity index (χ0v) is 20.0. The van der Waals surface area contributed by atoms with Crippen molar-refractivity contribution in [2.45, 2.75) is 26.1 Å². The molecular formula is C27H24N2O8. The highest BCUT2D eigenvalue weighted by Gasteiger charge is 2.41. The molecule has 190 valence electrons. The summed E-state index contributed by atoms with van der Waals surface area (Å²) in [4.78, 5) is 62.7. The van der Waals surface area contributed by atoms with E-state index in [4.69, 9.17) is 9.47 Å². The van der Waals surface area contributed by atoms with Crippen LogP contribution in [-0.4, -0.2) is 47.0 Å². The van der Waals surface area contributed by atoms with Gasteiger partial charge in [-0.15, -0.1) is 0 Å². The minimum atomic E-state index is -2.23. The molecule has 0 fully saturated rings. The van der Waals surface area contributed by atoms with E-state index in [1.165, 1.54) is 36.4 Å². The molecule has 0 saturated carbocycles. The fourth-order valence-corrected chi connectivity index (χ4v) is 3.09. The summed E-state index contributed by atoms with van der Waals surface area (Å²) in [6.45, 7) is 3.59. The number of amides is 2. The SMILES string of the molecule is Cc1ccc(C(=O)O[C@@H](C(=O)O)[C@@H](OC(=O)c2ccc(C)cc2)C(=O)NNC(=O)c2ccccc2)cc1. The van der Waals surface area contributed by atoms with E-state index in [0.29, 0.717) is 0 Å². The summed E-state index contributed by atoms with van der Waals surface area (Å²) >= 11 is 0. The molecule has 0 unspecified atom stereocenters. The molecule has 10 nitrogen and oxygen atoms in total. The molecule has 3 aromatic carbocycles. The summed E-state index contributed by atoms with van der Waals surface area (Å²) in [5.41, 5.74) is 6.12. The number of esters is 2. The van der Waals surface area contributed by atoms with Crippen molar-refractivity contribution in [1.82, 2.24) is 10.9 Å². The molecule has 0 aromatic heterocycles. The van der Waals surface area contributed by atoms with Gasteiger partial charge in [0.05, 0.1) is 11.1 Å². The van der Waals surface area contributed by atoms with Gasteiger partial charge in [-0.25, -0.2) is 14.4 Å². The van der Waals surface area contributed by atoms with Gasteiger partial charge in [0.2, 0.25) is 12.2 Å². The molecule has 0 bridgehead atoms. The summed E-state index contributed by atoms with van der Waals surface area (Å²) in [5.74, 6) is -5.77. The highest BCUT2D eigenvalue weighted by atomic mass is 16.6. The second-order valence-electron chi connectivity index (χ2n) is 8.03. The lowest BCUT2D eigenvalue weighted by molar-refractivity contribution is -0.159. The highest BCUT2D eigenvalue weighted by Crippen LogP contribution is 2.14. The molecule has 3 N–H and O–H groups in total. The number of rotatable bonds is 8. The van der Waals surface area contributed by atoms with Crippen LogP contribution in [0.25, 0.3) is 0 Å². The minimum Gasteiger partial charge on any atom is -0.478 e. The topological polar surface area (TPSA) is 148 Å². The predicted octanol–water partition coefficient (Wildman–Crippen LogP) is 2.60. The standard InChI is InChI=1S/C27H24N2O8/c1-16-8-12-19(13-9-16)26(34)36-21(24(31)29-28-23(30)18-6-4-3-5-7-18)22(25(32)33)37-27(35)20-14-10-17(2)11-15-20/h3-15,21-22H,1-2H3,(H,28,30)(H,29,31)(H,32,33)/t21-,22-/m1/s1. The zero-order valence-electron chi connectivity index (χ0n) is 20.0. The van der Waals surface area contributed by atoms with Crippen molar-refractivity contribution in [2.24, 2.45) is 0 Å². The Kier molecular flexibility index (Phi) is 8.71. The number of aliphatic carboxylic acids is 1. The van der Waals surface area contributed by atoms with E-state index in [9.17, 15) is 29.1 Å². The molecule has 10 heteroatoms. The number of carboxylic acid groups (broad SMARTS) is 1. The molecule has 0 aliphatic carbocycles. The van der Waals surface area contributed by atoms with Crippen LogP contribution in [0.3, 0.4) is 0 Å². The lowest BCUT2D eigenvalue weighted by Crippen LogP contribution is -2.54. The normalized spacial score (nSPS) is 11.9. The molecular weight excluding hydrogens is 480 g/mol. The summed E-state index contributed by atoms with van der Waals surface area (Å²) in [7, 11) is 0. The van der Waals surface area contributed by atoms with E-state index in [-0.39, 0.29) is 16.7 Å². The van der Waals surface area contributed by atoms with Gasteiger partial charge in [0.1, 0.15) is 0 Å². The largest absolute Gasteiger partial charge is 0.478 e. The predicted molar refractivity (Wildman–Crippen MR) is 130 cm³/mol. The smallest absolute Gasteiger partial charge is 0.349 e. The number of carbonyl (C=O) groups is 5. The maximum absolute atomic E-state index is 13.0. The van der Waals surface area contributed by atoms with E-state index in [1.807, 2.05) is 5.43 Å². The monoisotopic (exact) mass is 504 g/mol. The maximum Gasteiger partial charge on any atom is 0.349 e. The third-order valence-electron chi connectivity index (χ3n) is 5.15. The lowest BCUT2D eigenvalue weighted by atomic mass is 10.1. The van der Waals surface area contributed by atoms with Crippen molar-refractivity contribution in [2.75, 3.05) is 0 Å². The molecule has 3 rings (SSSR count). The summed E-state index contributed by atoms with van der Waals surface area (Å²) in [6.07, 6.45) is -4.37. The summed E-state index contributed by atoms with van der Waals surface area (Å²) in [6, 6.07) is 20.1. The molecule has 0 aliphatic heterocycles. The average molecular weight is 504 g/mol. The van der Waals surface area contributed by atoms with Gasteiger partial charge >= 0.3 is 17.9 Å². The third-order valence-corrected chi connectivity index (χ3v) is 5.15. The second-order valence-corrected chi connectivity index (χ2v) is 8.03. The second kappa shape index (κ2) is 12.1. The number of carboxylic acids is 1. The van der Waals surface area contributed by atoms with Crippen LogP contribution < -0.4 is 10.9 Å². The van der Waals surface area contributed by atoms with E-state index >= 15 is 0 Å². The fraction of sp³-hybridized carbons (Fsp3) is 0.148. The number of ether oxygens (including phenoxy) is 2. The Balaban J connectivity index is 1.84. The molecule has 0 radical (unpaired) electrons. The summed E-state index contributed by atoms with van der Waals surface area (Å²) in [5, 5.41) is 9.77. The number of nitrogens with one attached hydrogen (secondary N) is 2. The Morgan fingerprint density at radius 2 is 1.08 bits per heavy atom. The first-order chi connectivity index (χ1) is 17.7. The summed E-state index contributed by atoms with van der Waals surface area (Å²) < 4.78 is 10.3. The number of aryl methyl sites for hydroxylation is 2. The Bertz CT molecular complexity index is 1290. The molecule has 2 atom stereocenters. The van der Waals surface area contributed by atoms with Gasteiger partial charge in [0, 0.05) is 5.56 Å². The van der Waals surface area contributed by atoms with Gasteiger partial charge in [-0.2, -0.15) is 0 Å². The number of carbonyl (C=O) groups excluding carboxylic acids is 4. The Hall–Kier alpha value is -4.99. The van der Waals surface area contributed by atoms with E-state index < -0.39 is 41.9 Å². The number of hydrogen-bond donors (Lipinski definition) is 3. The molecule has 0 saturated heterocycles. The van der Waals surface area contributed by atoms with Gasteiger partial charge < -0.3 is 14.6 Å². The fourth-order valence-electron chi connectivity index (χ4n) is 3.09. The molecule has 0 spiro atoms. The first-order valence-electron chi connectivity index (χ1n) is 11.1. The Morgan fingerprint density at radius 3 is 1.54 bits per heavy atom. The Morgan fingerprint density at radius 1 is 0.622 bits per heavy atom. The maximum atomic E-state index is 13.0. The van der Waals surface area contributed by atoms with Gasteiger partial charge in [0.25, 0.3) is 11.8 Å². The van der Waals surface area contributed by atoms with Crippen molar-refractivity contribution in [3.05, 3.63) is 107 Å². The number of benzene rings is 3. The van der Waals surface area contributed by atoms with Crippen molar-refractivity contribution >= 4 is 29.7 Å². The lowest BCUT2D eigenvalue weighted by Gasteiger charge is -2.23. The van der Waals surface area contributed by atoms with Crippen molar-refractivity contribution in [3.8, 4) is 0 Å².